The highest BCUT2D eigenvalue weighted by Gasteiger charge is 2.09. The summed E-state index contributed by atoms with van der Waals surface area (Å²) in [6, 6.07) is 0. The zero-order chi connectivity index (χ0) is 7.33. The fraction of sp³-hybridized carbons (Fsp3) is 1.00. The van der Waals surface area contributed by atoms with E-state index in [9.17, 15) is 4.57 Å². The minimum absolute atomic E-state index is 0.313. The SMILES string of the molecule is CCCCOP(=O)(O)S. The number of unbranched alkanes of at least 4 members (excludes halogenated alkanes) is 1. The third-order valence-corrected chi connectivity index (χ3v) is 1.62. The van der Waals surface area contributed by atoms with Gasteiger partial charge in [0.1, 0.15) is 0 Å². The molecule has 0 rings (SSSR count). The van der Waals surface area contributed by atoms with Crippen LogP contribution in [-0.4, -0.2) is 11.5 Å². The minimum Gasteiger partial charge on any atom is -0.317 e. The second-order valence-electron chi connectivity index (χ2n) is 1.68. The lowest BCUT2D eigenvalue weighted by Gasteiger charge is -2.02. The van der Waals surface area contributed by atoms with Gasteiger partial charge in [-0.2, -0.15) is 0 Å². The second-order valence-corrected chi connectivity index (χ2v) is 4.43. The van der Waals surface area contributed by atoms with Crippen molar-refractivity contribution in [1.29, 1.82) is 0 Å². The standard InChI is InChI=1S/C4H11O3PS/c1-2-3-4-7-8(5,6)9/h2-4H2,1H3,(H2,5,6,9). The first kappa shape index (κ1) is 9.50. The lowest BCUT2D eigenvalue weighted by atomic mass is 10.4. The van der Waals surface area contributed by atoms with E-state index in [1.165, 1.54) is 0 Å². The van der Waals surface area contributed by atoms with Crippen molar-refractivity contribution >= 4 is 19.0 Å². The lowest BCUT2D eigenvalue weighted by Crippen LogP contribution is -1.86. The highest BCUT2D eigenvalue weighted by atomic mass is 32.7. The fourth-order valence-corrected chi connectivity index (χ4v) is 0.940. The van der Waals surface area contributed by atoms with Gasteiger partial charge in [0, 0.05) is 0 Å². The molecule has 0 radical (unpaired) electrons. The van der Waals surface area contributed by atoms with Gasteiger partial charge in [-0.1, -0.05) is 25.6 Å². The van der Waals surface area contributed by atoms with Gasteiger partial charge in [0.25, 0.3) is 0 Å². The molecule has 9 heavy (non-hydrogen) atoms. The van der Waals surface area contributed by atoms with Crippen molar-refractivity contribution < 1.29 is 14.0 Å². The van der Waals surface area contributed by atoms with Crippen LogP contribution in [0.15, 0.2) is 0 Å². The van der Waals surface area contributed by atoms with Gasteiger partial charge in [0.2, 0.25) is 0 Å². The Balaban J connectivity index is 3.18. The van der Waals surface area contributed by atoms with Crippen molar-refractivity contribution in [3.63, 3.8) is 0 Å². The zero-order valence-electron chi connectivity index (χ0n) is 5.28. The smallest absolute Gasteiger partial charge is 0.317 e. The maximum Gasteiger partial charge on any atom is 0.383 e. The Morgan fingerprint density at radius 3 is 2.67 bits per heavy atom. The van der Waals surface area contributed by atoms with Gasteiger partial charge < -0.3 is 9.42 Å². The molecule has 0 bridgehead atoms. The Labute approximate surface area is 60.1 Å². The molecule has 0 heterocycles. The molecule has 0 fully saturated rings. The first-order chi connectivity index (χ1) is 4.06. The topological polar surface area (TPSA) is 46.5 Å². The molecule has 0 aromatic carbocycles. The van der Waals surface area contributed by atoms with Gasteiger partial charge in [-0.15, -0.1) is 0 Å². The molecule has 1 N–H and O–H groups in total. The van der Waals surface area contributed by atoms with Gasteiger partial charge in [-0.25, -0.2) is 4.57 Å². The van der Waals surface area contributed by atoms with Crippen LogP contribution in [0, 0.1) is 0 Å². The predicted octanol–water partition coefficient (Wildman–Crippen LogP) is 1.83. The van der Waals surface area contributed by atoms with Crippen molar-refractivity contribution in [3.05, 3.63) is 0 Å². The largest absolute Gasteiger partial charge is 0.383 e. The molecule has 0 saturated heterocycles. The predicted molar refractivity (Wildman–Crippen MR) is 39.7 cm³/mol. The Bertz CT molecular complexity index is 110. The molecule has 5 heteroatoms. The average Bonchev–Trinajstić information content (AvgIpc) is 1.63. The number of thiol groups is 1. The maximum absolute atomic E-state index is 10.3. The summed E-state index contributed by atoms with van der Waals surface area (Å²) < 4.78 is 14.7. The molecule has 56 valence electrons. The highest BCUT2D eigenvalue weighted by Crippen LogP contribution is 2.46. The van der Waals surface area contributed by atoms with Crippen molar-refractivity contribution in [1.82, 2.24) is 0 Å². The van der Waals surface area contributed by atoms with Gasteiger partial charge in [-0.3, -0.25) is 0 Å². The Hall–Kier alpha value is 0.500. The molecular weight excluding hydrogens is 159 g/mol. The number of hydrogen-bond acceptors (Lipinski definition) is 2. The molecule has 0 amide bonds. The van der Waals surface area contributed by atoms with E-state index in [4.69, 9.17) is 4.89 Å². The minimum atomic E-state index is -3.50. The van der Waals surface area contributed by atoms with Crippen LogP contribution in [0.2, 0.25) is 0 Å². The number of rotatable bonds is 4. The van der Waals surface area contributed by atoms with Crippen LogP contribution in [0.1, 0.15) is 19.8 Å². The first-order valence-electron chi connectivity index (χ1n) is 2.76. The van der Waals surface area contributed by atoms with E-state index in [0.717, 1.165) is 12.8 Å². The van der Waals surface area contributed by atoms with Crippen LogP contribution < -0.4 is 0 Å². The molecule has 0 aliphatic heterocycles. The molecule has 0 saturated carbocycles. The molecule has 0 aliphatic carbocycles. The van der Waals surface area contributed by atoms with E-state index in [2.05, 4.69) is 16.8 Å². The van der Waals surface area contributed by atoms with Crippen molar-refractivity contribution in [2.45, 2.75) is 19.8 Å². The summed E-state index contributed by atoms with van der Waals surface area (Å²) >= 11 is 3.32. The summed E-state index contributed by atoms with van der Waals surface area (Å²) in [5, 5.41) is 0. The molecule has 3 nitrogen and oxygen atoms in total. The lowest BCUT2D eigenvalue weighted by molar-refractivity contribution is 0.271. The van der Waals surface area contributed by atoms with E-state index in [-0.39, 0.29) is 0 Å². The van der Waals surface area contributed by atoms with Crippen molar-refractivity contribution in [2.24, 2.45) is 0 Å². The fourth-order valence-electron chi connectivity index (χ4n) is 0.328. The third kappa shape index (κ3) is 8.50. The van der Waals surface area contributed by atoms with Gasteiger partial charge in [0.15, 0.2) is 0 Å². The highest BCUT2D eigenvalue weighted by molar-refractivity contribution is 8.44. The normalized spacial score (nSPS) is 17.2. The van der Waals surface area contributed by atoms with E-state index < -0.39 is 6.80 Å². The Kier molecular flexibility index (Phi) is 4.58. The monoisotopic (exact) mass is 170 g/mol. The third-order valence-electron chi connectivity index (χ3n) is 0.757. The van der Waals surface area contributed by atoms with E-state index in [1.54, 1.807) is 0 Å². The summed E-state index contributed by atoms with van der Waals surface area (Å²) in [5.74, 6) is 0. The van der Waals surface area contributed by atoms with Crippen LogP contribution in [0.4, 0.5) is 0 Å². The maximum atomic E-state index is 10.3. The van der Waals surface area contributed by atoms with Crippen molar-refractivity contribution in [2.75, 3.05) is 6.61 Å². The van der Waals surface area contributed by atoms with Crippen LogP contribution in [0.5, 0.6) is 0 Å². The molecule has 0 spiro atoms. The Morgan fingerprint density at radius 2 is 2.33 bits per heavy atom. The molecule has 1 atom stereocenters. The zero-order valence-corrected chi connectivity index (χ0v) is 7.07. The first-order valence-corrected chi connectivity index (χ1v) is 5.49. The van der Waals surface area contributed by atoms with Crippen LogP contribution in [0.3, 0.4) is 0 Å². The van der Waals surface area contributed by atoms with E-state index in [1.807, 2.05) is 6.92 Å². The van der Waals surface area contributed by atoms with Crippen LogP contribution in [-0.2, 0) is 9.09 Å². The van der Waals surface area contributed by atoms with Gasteiger partial charge in [-0.05, 0) is 6.42 Å². The summed E-state index contributed by atoms with van der Waals surface area (Å²) in [4.78, 5) is 8.44. The van der Waals surface area contributed by atoms with Gasteiger partial charge >= 0.3 is 6.80 Å². The quantitative estimate of drug-likeness (QED) is 0.384. The molecule has 1 unspecified atom stereocenters. The molecule has 0 aromatic heterocycles. The summed E-state index contributed by atoms with van der Waals surface area (Å²) in [5.41, 5.74) is 0. The van der Waals surface area contributed by atoms with Gasteiger partial charge in [0.05, 0.1) is 6.61 Å². The average molecular weight is 170 g/mol. The summed E-state index contributed by atoms with van der Waals surface area (Å²) in [6.07, 6.45) is 1.75. The van der Waals surface area contributed by atoms with E-state index >= 15 is 0 Å². The van der Waals surface area contributed by atoms with E-state index in [0.29, 0.717) is 6.61 Å². The molecule has 0 aromatic rings. The van der Waals surface area contributed by atoms with Crippen molar-refractivity contribution in [3.8, 4) is 0 Å². The molecular formula is C4H11O3PS. The second kappa shape index (κ2) is 4.34. The Morgan fingerprint density at radius 1 is 1.78 bits per heavy atom. The number of hydrogen-bond donors (Lipinski definition) is 2. The van der Waals surface area contributed by atoms with Crippen LogP contribution >= 0.6 is 19.0 Å². The summed E-state index contributed by atoms with van der Waals surface area (Å²) in [6.45, 7) is -1.21. The summed E-state index contributed by atoms with van der Waals surface area (Å²) in [7, 11) is 0. The molecule has 0 aliphatic rings. The van der Waals surface area contributed by atoms with Crippen LogP contribution in [0.25, 0.3) is 0 Å².